The van der Waals surface area contributed by atoms with Crippen molar-refractivity contribution < 1.29 is 5.11 Å². The molecule has 0 aromatic heterocycles. The normalized spacial score (nSPS) is 12.5. The molecule has 0 radical (unpaired) electrons. The summed E-state index contributed by atoms with van der Waals surface area (Å²) in [5.74, 6) is 0.310. The monoisotopic (exact) mass is 283 g/mol. The third-order valence-corrected chi connectivity index (χ3v) is 3.69. The first-order valence-corrected chi connectivity index (χ1v) is 7.69. The number of hydrogen-bond donors (Lipinski definition) is 1. The van der Waals surface area contributed by atoms with Crippen LogP contribution in [0, 0.1) is 5.92 Å². The molecule has 1 N–H and O–H groups in total. The molecule has 2 aromatic carbocycles. The lowest BCUT2D eigenvalue weighted by Crippen LogP contribution is -2.31. The highest BCUT2D eigenvalue weighted by Gasteiger charge is 2.10. The predicted octanol–water partition coefficient (Wildman–Crippen LogP) is 3.36. The molecule has 1 unspecified atom stereocenters. The first kappa shape index (κ1) is 15.7. The molecule has 112 valence electrons. The molecule has 2 rings (SSSR count). The summed E-state index contributed by atoms with van der Waals surface area (Å²) in [6.45, 7) is 5.23. The van der Waals surface area contributed by atoms with Crippen LogP contribution in [0.2, 0.25) is 0 Å². The summed E-state index contributed by atoms with van der Waals surface area (Å²) in [4.78, 5) is 2.43. The fourth-order valence-corrected chi connectivity index (χ4v) is 2.51. The van der Waals surface area contributed by atoms with Crippen LogP contribution >= 0.6 is 0 Å². The zero-order valence-electron chi connectivity index (χ0n) is 12.8. The Kier molecular flexibility index (Phi) is 6.45. The minimum atomic E-state index is 0.247. The van der Waals surface area contributed by atoms with Gasteiger partial charge in [0.25, 0.3) is 0 Å². The molecule has 0 saturated heterocycles. The van der Waals surface area contributed by atoms with Gasteiger partial charge < -0.3 is 5.11 Å². The van der Waals surface area contributed by atoms with Gasteiger partial charge >= 0.3 is 0 Å². The van der Waals surface area contributed by atoms with Crippen LogP contribution in [-0.4, -0.2) is 29.7 Å². The number of benzene rings is 2. The van der Waals surface area contributed by atoms with E-state index in [1.807, 2.05) is 6.07 Å². The lowest BCUT2D eigenvalue weighted by Gasteiger charge is -2.25. The Morgan fingerprint density at radius 3 is 2.05 bits per heavy atom. The Hall–Kier alpha value is -1.64. The second-order valence-electron chi connectivity index (χ2n) is 5.74. The van der Waals surface area contributed by atoms with Gasteiger partial charge in [0.05, 0.1) is 0 Å². The Balaban J connectivity index is 1.95. The third-order valence-electron chi connectivity index (χ3n) is 3.69. The number of aliphatic hydroxyl groups excluding tert-OH is 1. The van der Waals surface area contributed by atoms with E-state index in [0.29, 0.717) is 5.92 Å². The van der Waals surface area contributed by atoms with Crippen molar-refractivity contribution in [1.29, 1.82) is 0 Å². The van der Waals surface area contributed by atoms with Crippen LogP contribution < -0.4 is 0 Å². The van der Waals surface area contributed by atoms with E-state index in [2.05, 4.69) is 66.4 Å². The minimum Gasteiger partial charge on any atom is -0.396 e. The topological polar surface area (TPSA) is 23.5 Å². The summed E-state index contributed by atoms with van der Waals surface area (Å²) in [5.41, 5.74) is 2.70. The maximum atomic E-state index is 9.31. The molecule has 2 heteroatoms. The molecule has 0 aliphatic heterocycles. The minimum absolute atomic E-state index is 0.247. The van der Waals surface area contributed by atoms with Crippen LogP contribution in [0.15, 0.2) is 60.7 Å². The first-order valence-electron chi connectivity index (χ1n) is 7.69. The molecule has 0 amide bonds. The van der Waals surface area contributed by atoms with Crippen LogP contribution in [0.1, 0.15) is 18.1 Å². The molecule has 0 aliphatic carbocycles. The highest BCUT2D eigenvalue weighted by molar-refractivity contribution is 5.16. The average Bonchev–Trinajstić information content (AvgIpc) is 2.54. The molecular weight excluding hydrogens is 258 g/mol. The number of hydrogen-bond acceptors (Lipinski definition) is 2. The van der Waals surface area contributed by atoms with Gasteiger partial charge in [-0.1, -0.05) is 67.6 Å². The van der Waals surface area contributed by atoms with E-state index in [1.54, 1.807) is 0 Å². The van der Waals surface area contributed by atoms with E-state index in [4.69, 9.17) is 0 Å². The van der Waals surface area contributed by atoms with Crippen LogP contribution in [0.4, 0.5) is 0 Å². The van der Waals surface area contributed by atoms with Gasteiger partial charge in [0.2, 0.25) is 0 Å². The average molecular weight is 283 g/mol. The highest BCUT2D eigenvalue weighted by atomic mass is 16.3. The van der Waals surface area contributed by atoms with Crippen molar-refractivity contribution in [2.24, 2.45) is 5.92 Å². The Labute approximate surface area is 128 Å². The van der Waals surface area contributed by atoms with Gasteiger partial charge in [-0.05, 0) is 23.5 Å². The smallest absolute Gasteiger partial charge is 0.0468 e. The summed E-state index contributed by atoms with van der Waals surface area (Å²) < 4.78 is 0. The summed E-state index contributed by atoms with van der Waals surface area (Å²) in [5, 5.41) is 9.31. The summed E-state index contributed by atoms with van der Waals surface area (Å²) in [6, 6.07) is 21.1. The molecule has 0 fully saturated rings. The van der Waals surface area contributed by atoms with Crippen molar-refractivity contribution in [1.82, 2.24) is 4.90 Å². The van der Waals surface area contributed by atoms with Crippen LogP contribution in [0.5, 0.6) is 0 Å². The van der Waals surface area contributed by atoms with Crippen LogP contribution in [0.25, 0.3) is 0 Å². The van der Waals surface area contributed by atoms with E-state index in [0.717, 1.165) is 26.1 Å². The van der Waals surface area contributed by atoms with E-state index in [-0.39, 0.29) is 6.61 Å². The molecule has 0 bridgehead atoms. The molecular formula is C19H25NO. The Morgan fingerprint density at radius 1 is 0.905 bits per heavy atom. The molecule has 2 nitrogen and oxygen atoms in total. The largest absolute Gasteiger partial charge is 0.396 e. The summed E-state index contributed by atoms with van der Waals surface area (Å²) >= 11 is 0. The molecule has 2 aromatic rings. The molecule has 0 aliphatic rings. The van der Waals surface area contributed by atoms with Gasteiger partial charge in [-0.25, -0.2) is 0 Å². The second kappa shape index (κ2) is 8.60. The van der Waals surface area contributed by atoms with Gasteiger partial charge in [0.15, 0.2) is 0 Å². The van der Waals surface area contributed by atoms with E-state index in [9.17, 15) is 5.11 Å². The Bertz CT molecular complexity index is 497. The third kappa shape index (κ3) is 5.70. The summed E-state index contributed by atoms with van der Waals surface area (Å²) in [6.07, 6.45) is 1.05. The van der Waals surface area contributed by atoms with Crippen molar-refractivity contribution in [3.8, 4) is 0 Å². The lowest BCUT2D eigenvalue weighted by molar-refractivity contribution is 0.169. The number of rotatable bonds is 8. The van der Waals surface area contributed by atoms with Gasteiger partial charge in [0, 0.05) is 26.2 Å². The van der Waals surface area contributed by atoms with E-state index in [1.165, 1.54) is 11.1 Å². The van der Waals surface area contributed by atoms with Crippen LogP contribution in [-0.2, 0) is 13.0 Å². The fourth-order valence-electron chi connectivity index (χ4n) is 2.51. The standard InChI is InChI=1S/C19H25NO/c1-17(16-21)14-20(15-19-10-6-3-7-11-19)13-12-18-8-4-2-5-9-18/h2-11,17,21H,12-16H2,1H3. The Morgan fingerprint density at radius 2 is 1.48 bits per heavy atom. The van der Waals surface area contributed by atoms with Crippen molar-refractivity contribution in [3.05, 3.63) is 71.8 Å². The first-order chi connectivity index (χ1) is 10.3. The molecule has 0 spiro atoms. The van der Waals surface area contributed by atoms with Crippen molar-refractivity contribution in [3.63, 3.8) is 0 Å². The zero-order valence-corrected chi connectivity index (χ0v) is 12.8. The van der Waals surface area contributed by atoms with E-state index < -0.39 is 0 Å². The van der Waals surface area contributed by atoms with Crippen molar-refractivity contribution in [2.45, 2.75) is 19.9 Å². The second-order valence-corrected chi connectivity index (χ2v) is 5.74. The molecule has 21 heavy (non-hydrogen) atoms. The predicted molar refractivity (Wildman–Crippen MR) is 88.1 cm³/mol. The van der Waals surface area contributed by atoms with Gasteiger partial charge in [-0.2, -0.15) is 0 Å². The SMILES string of the molecule is CC(CO)CN(CCc1ccccc1)Cc1ccccc1. The van der Waals surface area contributed by atoms with Gasteiger partial charge in [0.1, 0.15) is 0 Å². The van der Waals surface area contributed by atoms with E-state index >= 15 is 0 Å². The van der Waals surface area contributed by atoms with Crippen molar-refractivity contribution in [2.75, 3.05) is 19.7 Å². The maximum Gasteiger partial charge on any atom is 0.0468 e. The summed E-state index contributed by atoms with van der Waals surface area (Å²) in [7, 11) is 0. The lowest BCUT2D eigenvalue weighted by atomic mass is 10.1. The number of nitrogens with zero attached hydrogens (tertiary/aromatic N) is 1. The van der Waals surface area contributed by atoms with Crippen LogP contribution in [0.3, 0.4) is 0 Å². The number of aliphatic hydroxyl groups is 1. The highest BCUT2D eigenvalue weighted by Crippen LogP contribution is 2.09. The molecule has 1 atom stereocenters. The fraction of sp³-hybridized carbons (Fsp3) is 0.368. The quantitative estimate of drug-likeness (QED) is 0.803. The maximum absolute atomic E-state index is 9.31. The zero-order chi connectivity index (χ0) is 14.9. The van der Waals surface area contributed by atoms with Crippen molar-refractivity contribution >= 4 is 0 Å². The van der Waals surface area contributed by atoms with Gasteiger partial charge in [-0.15, -0.1) is 0 Å². The van der Waals surface area contributed by atoms with Gasteiger partial charge in [-0.3, -0.25) is 4.90 Å². The molecule has 0 heterocycles. The molecule has 0 saturated carbocycles.